The van der Waals surface area contributed by atoms with Gasteiger partial charge in [0.05, 0.1) is 6.61 Å². The molecule has 4 aliphatic rings. The molecule has 4 aliphatic carbocycles. The zero-order valence-electron chi connectivity index (χ0n) is 19.1. The number of fused-ring (bicyclic) bond motifs is 5. The van der Waals surface area contributed by atoms with Gasteiger partial charge in [-0.1, -0.05) is 40.5 Å². The van der Waals surface area contributed by atoms with Crippen LogP contribution in [0.2, 0.25) is 0 Å². The molecule has 0 aromatic rings. The number of thioether (sulfide) groups is 1. The van der Waals surface area contributed by atoms with Crippen LogP contribution < -0.4 is 0 Å². The highest BCUT2D eigenvalue weighted by Gasteiger charge is 2.59. The molecule has 0 aromatic carbocycles. The summed E-state index contributed by atoms with van der Waals surface area (Å²) in [7, 11) is 0. The summed E-state index contributed by atoms with van der Waals surface area (Å²) in [6.07, 6.45) is 16.6. The lowest BCUT2D eigenvalue weighted by Gasteiger charge is -2.61. The first-order chi connectivity index (χ1) is 13.4. The second-order valence-electron chi connectivity index (χ2n) is 11.8. The summed E-state index contributed by atoms with van der Waals surface area (Å²) in [5.41, 5.74) is 1.30. The van der Waals surface area contributed by atoms with Crippen molar-refractivity contribution >= 4 is 11.8 Å². The molecule has 2 heteroatoms. The predicted molar refractivity (Wildman–Crippen MR) is 123 cm³/mol. The molecule has 0 amide bonds. The first kappa shape index (κ1) is 21.5. The largest absolute Gasteiger partial charge is 0.395 e. The predicted octanol–water partition coefficient (Wildman–Crippen LogP) is 7.18. The van der Waals surface area contributed by atoms with Crippen LogP contribution in [-0.4, -0.2) is 22.7 Å². The van der Waals surface area contributed by atoms with Gasteiger partial charge in [0.1, 0.15) is 0 Å². The number of aliphatic hydroxyl groups excluding tert-OH is 1. The van der Waals surface area contributed by atoms with E-state index in [0.29, 0.717) is 22.7 Å². The van der Waals surface area contributed by atoms with Crippen molar-refractivity contribution in [3.05, 3.63) is 0 Å². The Morgan fingerprint density at radius 2 is 1.68 bits per heavy atom. The van der Waals surface area contributed by atoms with E-state index in [2.05, 4.69) is 27.7 Å². The third kappa shape index (κ3) is 3.61. The SMILES string of the molecule is CC(CO)SCC[C@@H](C)[C@H]1CC[C@H]2[C@@H]3CCC4CCCC[C@]4(C)[C@H]3CC[C@]12C. The first-order valence-electron chi connectivity index (χ1n) is 12.6. The van der Waals surface area contributed by atoms with Crippen LogP contribution in [0.3, 0.4) is 0 Å². The van der Waals surface area contributed by atoms with Crippen LogP contribution in [0.1, 0.15) is 98.3 Å². The maximum atomic E-state index is 9.30. The third-order valence-corrected chi connectivity index (χ3v) is 11.8. The van der Waals surface area contributed by atoms with E-state index in [1.165, 1.54) is 63.5 Å². The molecule has 9 atom stereocenters. The Labute approximate surface area is 179 Å². The van der Waals surface area contributed by atoms with Crippen LogP contribution >= 0.6 is 11.8 Å². The Morgan fingerprint density at radius 3 is 2.46 bits per heavy atom. The molecular formula is C26H46OS. The molecule has 1 nitrogen and oxygen atoms in total. The van der Waals surface area contributed by atoms with E-state index >= 15 is 0 Å². The molecule has 0 spiro atoms. The van der Waals surface area contributed by atoms with Crippen LogP contribution in [0.5, 0.6) is 0 Å². The highest BCUT2D eigenvalue weighted by Crippen LogP contribution is 2.68. The minimum atomic E-state index is 0.324. The fourth-order valence-corrected chi connectivity index (χ4v) is 10.00. The summed E-state index contributed by atoms with van der Waals surface area (Å²) in [6.45, 7) is 10.5. The van der Waals surface area contributed by atoms with E-state index in [1.807, 2.05) is 11.8 Å². The number of aliphatic hydroxyl groups is 1. The molecule has 162 valence electrons. The van der Waals surface area contributed by atoms with Gasteiger partial charge in [-0.05, 0) is 110 Å². The Morgan fingerprint density at radius 1 is 0.893 bits per heavy atom. The van der Waals surface area contributed by atoms with Crippen molar-refractivity contribution in [1.82, 2.24) is 0 Å². The Hall–Kier alpha value is 0.310. The molecule has 28 heavy (non-hydrogen) atoms. The minimum absolute atomic E-state index is 0.324. The first-order valence-corrected chi connectivity index (χ1v) is 13.7. The fourth-order valence-electron chi connectivity index (χ4n) is 8.98. The van der Waals surface area contributed by atoms with Crippen LogP contribution in [0.25, 0.3) is 0 Å². The second-order valence-corrected chi connectivity index (χ2v) is 13.3. The van der Waals surface area contributed by atoms with Gasteiger partial charge >= 0.3 is 0 Å². The maximum Gasteiger partial charge on any atom is 0.0547 e. The highest BCUT2D eigenvalue weighted by atomic mass is 32.2. The Bertz CT molecular complexity index is 535. The van der Waals surface area contributed by atoms with E-state index in [0.717, 1.165) is 35.5 Å². The molecule has 0 radical (unpaired) electrons. The summed E-state index contributed by atoms with van der Waals surface area (Å²) in [4.78, 5) is 0. The lowest BCUT2D eigenvalue weighted by Crippen LogP contribution is -2.53. The normalized spacial score (nSPS) is 47.7. The molecule has 2 unspecified atom stereocenters. The average Bonchev–Trinajstić information content (AvgIpc) is 3.04. The third-order valence-electron chi connectivity index (χ3n) is 10.6. The number of hydrogen-bond donors (Lipinski definition) is 1. The van der Waals surface area contributed by atoms with E-state index in [9.17, 15) is 5.11 Å². The van der Waals surface area contributed by atoms with Crippen LogP contribution in [0.4, 0.5) is 0 Å². The van der Waals surface area contributed by atoms with E-state index in [4.69, 9.17) is 0 Å². The lowest BCUT2D eigenvalue weighted by atomic mass is 9.44. The molecule has 0 heterocycles. The number of hydrogen-bond acceptors (Lipinski definition) is 2. The summed E-state index contributed by atoms with van der Waals surface area (Å²) < 4.78 is 0. The molecule has 0 aliphatic heterocycles. The molecule has 0 aromatic heterocycles. The van der Waals surface area contributed by atoms with Gasteiger partial charge in [0, 0.05) is 5.25 Å². The molecular weight excluding hydrogens is 360 g/mol. The van der Waals surface area contributed by atoms with E-state index in [1.54, 1.807) is 12.8 Å². The highest BCUT2D eigenvalue weighted by molar-refractivity contribution is 7.99. The zero-order valence-corrected chi connectivity index (χ0v) is 19.9. The Balaban J connectivity index is 1.43. The molecule has 1 N–H and O–H groups in total. The monoisotopic (exact) mass is 406 g/mol. The molecule has 0 bridgehead atoms. The van der Waals surface area contributed by atoms with Gasteiger partial charge in [-0.2, -0.15) is 11.8 Å². The maximum absolute atomic E-state index is 9.30. The molecule has 4 rings (SSSR count). The van der Waals surface area contributed by atoms with Crippen molar-refractivity contribution in [1.29, 1.82) is 0 Å². The summed E-state index contributed by atoms with van der Waals surface area (Å²) in [5, 5.41) is 9.70. The van der Waals surface area contributed by atoms with Crippen molar-refractivity contribution in [3.8, 4) is 0 Å². The Kier molecular flexibility index (Phi) is 6.50. The lowest BCUT2D eigenvalue weighted by molar-refractivity contribution is -0.114. The van der Waals surface area contributed by atoms with Crippen molar-refractivity contribution < 1.29 is 5.11 Å². The van der Waals surface area contributed by atoms with Gasteiger partial charge in [-0.15, -0.1) is 0 Å². The van der Waals surface area contributed by atoms with Gasteiger partial charge < -0.3 is 5.11 Å². The van der Waals surface area contributed by atoms with E-state index < -0.39 is 0 Å². The van der Waals surface area contributed by atoms with E-state index in [-0.39, 0.29) is 0 Å². The van der Waals surface area contributed by atoms with Crippen molar-refractivity contribution in [2.75, 3.05) is 12.4 Å². The quantitative estimate of drug-likeness (QED) is 0.504. The second kappa shape index (κ2) is 8.45. The van der Waals surface area contributed by atoms with Crippen molar-refractivity contribution in [3.63, 3.8) is 0 Å². The van der Waals surface area contributed by atoms with Gasteiger partial charge in [-0.25, -0.2) is 0 Å². The molecule has 4 fully saturated rings. The average molecular weight is 407 g/mol. The molecule has 4 saturated carbocycles. The van der Waals surface area contributed by atoms with Crippen molar-refractivity contribution in [2.24, 2.45) is 46.3 Å². The minimum Gasteiger partial charge on any atom is -0.395 e. The van der Waals surface area contributed by atoms with Gasteiger partial charge in [0.2, 0.25) is 0 Å². The number of rotatable bonds is 6. The fraction of sp³-hybridized carbons (Fsp3) is 1.00. The van der Waals surface area contributed by atoms with Gasteiger partial charge in [0.15, 0.2) is 0 Å². The van der Waals surface area contributed by atoms with Crippen LogP contribution in [0, 0.1) is 46.3 Å². The summed E-state index contributed by atoms with van der Waals surface area (Å²) in [5.74, 6) is 7.17. The van der Waals surface area contributed by atoms with Crippen LogP contribution in [0.15, 0.2) is 0 Å². The summed E-state index contributed by atoms with van der Waals surface area (Å²) >= 11 is 1.97. The zero-order chi connectivity index (χ0) is 19.9. The smallest absolute Gasteiger partial charge is 0.0547 e. The molecule has 0 saturated heterocycles. The topological polar surface area (TPSA) is 20.2 Å². The van der Waals surface area contributed by atoms with Gasteiger partial charge in [-0.3, -0.25) is 0 Å². The van der Waals surface area contributed by atoms with Crippen LogP contribution in [-0.2, 0) is 0 Å². The standard InChI is InChI=1S/C26H46OS/c1-18(13-16-28-19(2)17-27)22-10-11-23-21-9-8-20-7-5-6-14-25(20,3)24(21)12-15-26(22,23)4/h18-24,27H,5-17H2,1-4H3/t18-,19?,20?,21+,22-,23+,24+,25+,26-/m1/s1. The summed E-state index contributed by atoms with van der Waals surface area (Å²) in [6, 6.07) is 0. The van der Waals surface area contributed by atoms with Crippen molar-refractivity contribution in [2.45, 2.75) is 104 Å². The van der Waals surface area contributed by atoms with Gasteiger partial charge in [0.25, 0.3) is 0 Å².